The van der Waals surface area contributed by atoms with Gasteiger partial charge in [-0.1, -0.05) is 0 Å². The Morgan fingerprint density at radius 1 is 0.557 bits per heavy atom. The van der Waals surface area contributed by atoms with Crippen molar-refractivity contribution in [3.05, 3.63) is 162 Å². The molecule has 0 aliphatic rings. The number of hydrogen-bond donors (Lipinski definition) is 4. The van der Waals surface area contributed by atoms with Gasteiger partial charge in [-0.25, -0.2) is 81.7 Å². The van der Waals surface area contributed by atoms with Gasteiger partial charge < -0.3 is 20.3 Å². The van der Waals surface area contributed by atoms with E-state index in [0.717, 1.165) is 32.0 Å². The van der Waals surface area contributed by atoms with Crippen molar-refractivity contribution in [3.8, 4) is 0 Å². The van der Waals surface area contributed by atoms with Gasteiger partial charge in [-0.3, -0.25) is 24.4 Å². The van der Waals surface area contributed by atoms with Gasteiger partial charge in [0, 0.05) is 14.1 Å². The number of carboxylic acids is 1. The number of aromatic amines is 1. The molecule has 6 N–H and O–H groups in total. The third-order valence-corrected chi connectivity index (χ3v) is 11.0. The summed E-state index contributed by atoms with van der Waals surface area (Å²) in [7, 11) is 4.53. The van der Waals surface area contributed by atoms with Crippen LogP contribution in [-0.4, -0.2) is 65.0 Å². The summed E-state index contributed by atoms with van der Waals surface area (Å²) >= 11 is 10.2. The van der Waals surface area contributed by atoms with Gasteiger partial charge in [0.05, 0.1) is 43.1 Å². The molecule has 13 nitrogen and oxygen atoms in total. The molecule has 0 saturated carbocycles. The Morgan fingerprint density at radius 2 is 0.886 bits per heavy atom. The largest absolute Gasteiger partial charge is 0.478 e. The third kappa shape index (κ3) is 13.6. The molecular weight excluding hydrogens is 1250 g/mol. The summed E-state index contributed by atoms with van der Waals surface area (Å²) in [5.41, 5.74) is 0.0641. The number of nitrogens with two attached hydrogens (primary N) is 2. The number of methoxy groups -OCH3 is 2. The maximum absolute atomic E-state index is 13.4. The number of H-pyrrole nitrogens is 1. The van der Waals surface area contributed by atoms with E-state index in [-0.39, 0.29) is 15.4 Å². The number of esters is 2. The molecule has 0 radical (unpaired) electrons. The number of rotatable bonds is 4. The first-order valence-electron chi connectivity index (χ1n) is 17.4. The molecular formula is C39H23Br4F14N5O8. The average Bonchev–Trinajstić information content (AvgIpc) is 3.61. The number of benzene rings is 5. The molecule has 5 aromatic carbocycles. The Kier molecular flexibility index (Phi) is 21.6. The fourth-order valence-corrected chi connectivity index (χ4v) is 5.80. The van der Waals surface area contributed by atoms with Gasteiger partial charge in [-0.2, -0.15) is 0 Å². The molecule has 0 unspecified atom stereocenters. The molecule has 1 aromatic heterocycles. The average molecular weight is 1280 g/mol. The zero-order chi connectivity index (χ0) is 54.1. The lowest BCUT2D eigenvalue weighted by Crippen LogP contribution is -2.34. The van der Waals surface area contributed by atoms with Gasteiger partial charge in [0.25, 0.3) is 11.5 Å². The molecule has 378 valence electrons. The number of hydrogen-bond acceptors (Lipinski definition) is 9. The van der Waals surface area contributed by atoms with Crippen molar-refractivity contribution in [1.29, 1.82) is 0 Å². The predicted octanol–water partition coefficient (Wildman–Crippen LogP) is 10.4. The highest BCUT2D eigenvalue weighted by Gasteiger charge is 2.25. The molecule has 1 heterocycles. The predicted molar refractivity (Wildman–Crippen MR) is 230 cm³/mol. The van der Waals surface area contributed by atoms with E-state index in [9.17, 15) is 85.4 Å². The smallest absolute Gasteiger partial charge is 0.341 e. The Morgan fingerprint density at radius 3 is 1.29 bits per heavy atom. The van der Waals surface area contributed by atoms with Crippen LogP contribution in [-0.2, 0) is 16.5 Å². The summed E-state index contributed by atoms with van der Waals surface area (Å²) in [6.45, 7) is 0. The maximum Gasteiger partial charge on any atom is 0.341 e. The van der Waals surface area contributed by atoms with E-state index in [1.807, 2.05) is 0 Å². The monoisotopic (exact) mass is 1270 g/mol. The SMILES string of the molecule is CN(N)C(=O)c1cc(F)c(Br)c(F)c1F.COC(=O)c1cc(F)c(Br)c(F)c1F.COC(=O)c1cc(F)c(N)c(F)c1F.Cn1[nH]c2c(F)c(Br)c(F)cc2c1=O.O=C(O)c1cc(F)c(Br)c(F)c1F. The Balaban J connectivity index is 0.000000300. The van der Waals surface area contributed by atoms with Crippen LogP contribution < -0.4 is 17.1 Å². The van der Waals surface area contributed by atoms with Crippen LogP contribution in [0.5, 0.6) is 0 Å². The number of aromatic nitrogens is 2. The van der Waals surface area contributed by atoms with Crippen molar-refractivity contribution in [2.24, 2.45) is 12.9 Å². The number of carbonyl (C=O) groups excluding carboxylic acids is 3. The van der Waals surface area contributed by atoms with Crippen molar-refractivity contribution < 1.29 is 95.2 Å². The zero-order valence-electron chi connectivity index (χ0n) is 34.5. The minimum atomic E-state index is -1.72. The van der Waals surface area contributed by atoms with E-state index >= 15 is 0 Å². The van der Waals surface area contributed by atoms with Crippen molar-refractivity contribution in [3.63, 3.8) is 0 Å². The van der Waals surface area contributed by atoms with Crippen LogP contribution >= 0.6 is 63.7 Å². The normalized spacial score (nSPS) is 10.3. The topological polar surface area (TPSA) is 200 Å². The second-order valence-electron chi connectivity index (χ2n) is 12.6. The van der Waals surface area contributed by atoms with E-state index < -0.39 is 152 Å². The number of fused-ring (bicyclic) bond motifs is 1. The summed E-state index contributed by atoms with van der Waals surface area (Å²) in [5, 5.41) is 11.4. The highest BCUT2D eigenvalue weighted by atomic mass is 79.9. The van der Waals surface area contributed by atoms with E-state index in [1.54, 1.807) is 0 Å². The number of aryl methyl sites for hydroxylation is 1. The lowest BCUT2D eigenvalue weighted by atomic mass is 10.1. The second kappa shape index (κ2) is 25.2. The summed E-state index contributed by atoms with van der Waals surface area (Å²) in [5.74, 6) is -18.1. The fourth-order valence-electron chi connectivity index (χ4n) is 4.62. The van der Waals surface area contributed by atoms with Crippen LogP contribution in [0, 0.1) is 81.4 Å². The van der Waals surface area contributed by atoms with Gasteiger partial charge >= 0.3 is 17.9 Å². The third-order valence-electron chi connectivity index (χ3n) is 8.07. The molecule has 6 rings (SSSR count). The van der Waals surface area contributed by atoms with Crippen LogP contribution in [0.25, 0.3) is 10.9 Å². The van der Waals surface area contributed by atoms with E-state index in [2.05, 4.69) is 78.3 Å². The summed E-state index contributed by atoms with van der Waals surface area (Å²) < 4.78 is 188. The van der Waals surface area contributed by atoms with Crippen molar-refractivity contribution in [1.82, 2.24) is 14.8 Å². The molecule has 0 saturated heterocycles. The highest BCUT2D eigenvalue weighted by molar-refractivity contribution is 9.11. The number of ether oxygens (including phenoxy) is 2. The number of anilines is 1. The number of carbonyl (C=O) groups is 4. The molecule has 70 heavy (non-hydrogen) atoms. The van der Waals surface area contributed by atoms with Gasteiger partial charge in [-0.05, 0) is 94.1 Å². The van der Waals surface area contributed by atoms with E-state index in [0.29, 0.717) is 29.3 Å². The molecule has 31 heteroatoms. The zero-order valence-corrected chi connectivity index (χ0v) is 40.9. The van der Waals surface area contributed by atoms with Gasteiger partial charge in [0.2, 0.25) is 0 Å². The molecule has 0 atom stereocenters. The van der Waals surface area contributed by atoms with Crippen LogP contribution in [0.2, 0.25) is 0 Å². The number of aromatic carboxylic acids is 1. The fraction of sp³-hybridized carbons (Fsp3) is 0.103. The molecule has 0 aliphatic heterocycles. The van der Waals surface area contributed by atoms with Crippen LogP contribution in [0.1, 0.15) is 41.4 Å². The molecule has 6 aromatic rings. The minimum Gasteiger partial charge on any atom is -0.478 e. The lowest BCUT2D eigenvalue weighted by molar-refractivity contribution is 0.0584. The molecule has 0 fully saturated rings. The Bertz CT molecular complexity index is 3030. The molecule has 0 aliphatic carbocycles. The molecule has 0 bridgehead atoms. The number of nitrogen functional groups attached to an aromatic ring is 1. The summed E-state index contributed by atoms with van der Waals surface area (Å²) in [4.78, 5) is 54.4. The summed E-state index contributed by atoms with van der Waals surface area (Å²) in [6.07, 6.45) is 0. The van der Waals surface area contributed by atoms with E-state index in [1.165, 1.54) is 7.05 Å². The second-order valence-corrected chi connectivity index (χ2v) is 15.8. The van der Waals surface area contributed by atoms with Crippen LogP contribution in [0.3, 0.4) is 0 Å². The number of carboxylic acid groups (broad SMARTS) is 1. The van der Waals surface area contributed by atoms with Gasteiger partial charge in [0.15, 0.2) is 52.4 Å². The van der Waals surface area contributed by atoms with Crippen LogP contribution in [0.15, 0.2) is 53.0 Å². The number of nitrogens with one attached hydrogen (secondary N) is 1. The molecule has 0 spiro atoms. The van der Waals surface area contributed by atoms with E-state index in [4.69, 9.17) is 16.7 Å². The number of nitrogens with zero attached hydrogens (tertiary/aromatic N) is 2. The highest BCUT2D eigenvalue weighted by Crippen LogP contribution is 2.29. The molecule has 1 amide bonds. The standard InChI is InChI=1S/C8H6BrF3N2O.C8H4BrF3O2.C8H5BrF2N2O.C8H6F3NO2.C7H2BrF3O2/c1-14(13)8(15)3-2-4(10)5(9)7(12)6(3)11;1-14-8(13)3-2-4(10)5(9)7(12)6(3)11;1-13-8(14)3-2-4(10)5(9)6(11)7(3)12-13;1-14-8(13)3-2-4(9)7(12)6(11)5(3)10;8-4-3(9)1-2(7(12)13)5(10)6(4)11/h2H,13H2,1H3;2H,1H3;2,12H,1H3;2H,12H2,1H3;1H,(H,12,13). The van der Waals surface area contributed by atoms with Gasteiger partial charge in [0.1, 0.15) is 57.0 Å². The van der Waals surface area contributed by atoms with Crippen molar-refractivity contribution >= 4 is 104 Å². The first-order valence-corrected chi connectivity index (χ1v) is 20.5. The van der Waals surface area contributed by atoms with Crippen molar-refractivity contribution in [2.45, 2.75) is 0 Å². The minimum absolute atomic E-state index is 0.00528. The quantitative estimate of drug-likeness (QED) is 0.0192. The maximum atomic E-state index is 13.4. The first-order chi connectivity index (χ1) is 32.3. The number of amides is 1. The first kappa shape index (κ1) is 60.1. The van der Waals surface area contributed by atoms with Crippen molar-refractivity contribution in [2.75, 3.05) is 27.0 Å². The van der Waals surface area contributed by atoms with Gasteiger partial charge in [-0.15, -0.1) is 0 Å². The lowest BCUT2D eigenvalue weighted by Gasteiger charge is -2.11. The number of halogens is 18. The van der Waals surface area contributed by atoms with Crippen LogP contribution in [0.4, 0.5) is 67.2 Å². The Hall–Kier alpha value is -6.05. The number of hydrazine groups is 1. The Labute approximate surface area is 414 Å². The summed E-state index contributed by atoms with van der Waals surface area (Å²) in [6, 6.07) is 3.04.